The summed E-state index contributed by atoms with van der Waals surface area (Å²) in [5.41, 5.74) is 0.201. The van der Waals surface area contributed by atoms with Gasteiger partial charge in [-0.3, -0.25) is 9.59 Å². The lowest BCUT2D eigenvalue weighted by atomic mass is 10.3. The Labute approximate surface area is 133 Å². The van der Waals surface area contributed by atoms with Gasteiger partial charge in [0.05, 0.1) is 6.42 Å². The largest absolute Gasteiger partial charge is 0.480 e. The van der Waals surface area contributed by atoms with Crippen molar-refractivity contribution >= 4 is 30.5 Å². The predicted molar refractivity (Wildman–Crippen MR) is 80.6 cm³/mol. The highest BCUT2D eigenvalue weighted by Crippen LogP contribution is 1.96. The Bertz CT molecular complexity index is 413. The zero-order chi connectivity index (χ0) is 17.1. The standard InChI is InChI=1S/C13H21NO7S/c1-8(2)13(19)21-6-9(15)5-20-11(16)3-4-14-10(7-22)12(17)18/h9-10,14-15,22H,1,3-7H2,2H3,(H,17,18)/t9?,10-/m0/s1. The minimum absolute atomic E-state index is 0.0597. The first kappa shape index (κ1) is 20.4. The number of nitrogens with one attached hydrogen (secondary N) is 1. The first-order valence-corrected chi connectivity index (χ1v) is 7.14. The molecule has 0 heterocycles. The van der Waals surface area contributed by atoms with Gasteiger partial charge in [0.15, 0.2) is 0 Å². The first-order valence-electron chi connectivity index (χ1n) is 6.51. The molecule has 8 nitrogen and oxygen atoms in total. The maximum absolute atomic E-state index is 11.4. The van der Waals surface area contributed by atoms with Crippen LogP contribution in [0.15, 0.2) is 12.2 Å². The molecule has 9 heteroatoms. The van der Waals surface area contributed by atoms with Crippen molar-refractivity contribution in [2.24, 2.45) is 0 Å². The molecule has 0 bridgehead atoms. The topological polar surface area (TPSA) is 122 Å². The zero-order valence-electron chi connectivity index (χ0n) is 12.3. The van der Waals surface area contributed by atoms with Crippen LogP contribution in [0.1, 0.15) is 13.3 Å². The summed E-state index contributed by atoms with van der Waals surface area (Å²) in [5.74, 6) is -2.21. The Morgan fingerprint density at radius 1 is 1.27 bits per heavy atom. The highest BCUT2D eigenvalue weighted by molar-refractivity contribution is 7.80. The Kier molecular flexibility index (Phi) is 10.3. The smallest absolute Gasteiger partial charge is 0.333 e. The average molecular weight is 335 g/mol. The number of thiol groups is 1. The fourth-order valence-electron chi connectivity index (χ4n) is 1.18. The number of carbonyl (C=O) groups excluding carboxylic acids is 2. The Balaban J connectivity index is 3.82. The summed E-state index contributed by atoms with van der Waals surface area (Å²) >= 11 is 3.86. The molecule has 0 saturated carbocycles. The van der Waals surface area contributed by atoms with E-state index in [2.05, 4.69) is 29.3 Å². The van der Waals surface area contributed by atoms with Crippen molar-refractivity contribution in [3.05, 3.63) is 12.2 Å². The number of esters is 2. The van der Waals surface area contributed by atoms with Crippen LogP contribution in [0, 0.1) is 0 Å². The summed E-state index contributed by atoms with van der Waals surface area (Å²) in [4.78, 5) is 33.1. The van der Waals surface area contributed by atoms with E-state index in [1.807, 2.05) is 0 Å². The number of hydrogen-bond acceptors (Lipinski definition) is 8. The molecule has 1 unspecified atom stereocenters. The van der Waals surface area contributed by atoms with Gasteiger partial charge in [-0.25, -0.2) is 4.79 Å². The van der Waals surface area contributed by atoms with Crippen molar-refractivity contribution < 1.29 is 34.1 Å². The predicted octanol–water partition coefficient (Wildman–Crippen LogP) is -0.627. The molecule has 0 fully saturated rings. The maximum Gasteiger partial charge on any atom is 0.333 e. The van der Waals surface area contributed by atoms with Gasteiger partial charge in [0.25, 0.3) is 0 Å². The number of rotatable bonds is 11. The zero-order valence-corrected chi connectivity index (χ0v) is 13.2. The van der Waals surface area contributed by atoms with Gasteiger partial charge < -0.3 is 25.0 Å². The summed E-state index contributed by atoms with van der Waals surface area (Å²) in [5, 5.41) is 20.8. The number of aliphatic hydroxyl groups is 1. The Morgan fingerprint density at radius 2 is 1.86 bits per heavy atom. The normalized spacial score (nSPS) is 13.0. The van der Waals surface area contributed by atoms with E-state index in [1.54, 1.807) is 0 Å². The molecule has 22 heavy (non-hydrogen) atoms. The summed E-state index contributed by atoms with van der Waals surface area (Å²) in [6.45, 7) is 4.33. The molecule has 0 aromatic carbocycles. The van der Waals surface area contributed by atoms with Crippen LogP contribution in [0.25, 0.3) is 0 Å². The van der Waals surface area contributed by atoms with Gasteiger partial charge in [0, 0.05) is 17.9 Å². The summed E-state index contributed by atoms with van der Waals surface area (Å²) in [7, 11) is 0. The third-order valence-corrected chi connectivity index (χ3v) is 2.76. The summed E-state index contributed by atoms with van der Waals surface area (Å²) < 4.78 is 9.45. The third kappa shape index (κ3) is 9.37. The van der Waals surface area contributed by atoms with Crippen LogP contribution in [0.4, 0.5) is 0 Å². The van der Waals surface area contributed by atoms with Crippen LogP contribution in [-0.4, -0.2) is 65.8 Å². The average Bonchev–Trinajstić information content (AvgIpc) is 2.46. The highest BCUT2D eigenvalue weighted by Gasteiger charge is 2.16. The van der Waals surface area contributed by atoms with E-state index in [0.717, 1.165) is 0 Å². The molecule has 2 atom stereocenters. The number of hydrogen-bond donors (Lipinski definition) is 4. The number of ether oxygens (including phenoxy) is 2. The maximum atomic E-state index is 11.4. The van der Waals surface area contributed by atoms with Crippen molar-refractivity contribution in [2.45, 2.75) is 25.5 Å². The lowest BCUT2D eigenvalue weighted by molar-refractivity contribution is -0.150. The van der Waals surface area contributed by atoms with Crippen molar-refractivity contribution in [2.75, 3.05) is 25.5 Å². The van der Waals surface area contributed by atoms with Gasteiger partial charge in [0.2, 0.25) is 0 Å². The second-order valence-electron chi connectivity index (χ2n) is 4.49. The van der Waals surface area contributed by atoms with Gasteiger partial charge in [-0.15, -0.1) is 0 Å². The molecule has 0 radical (unpaired) electrons. The number of aliphatic carboxylic acids is 1. The molecular formula is C13H21NO7S. The van der Waals surface area contributed by atoms with Crippen LogP contribution < -0.4 is 5.32 Å². The molecule has 0 spiro atoms. The molecule has 0 aromatic heterocycles. The van der Waals surface area contributed by atoms with E-state index in [4.69, 9.17) is 9.84 Å². The van der Waals surface area contributed by atoms with Gasteiger partial charge in [0.1, 0.15) is 25.4 Å². The van der Waals surface area contributed by atoms with Crippen molar-refractivity contribution in [1.82, 2.24) is 5.32 Å². The van der Waals surface area contributed by atoms with Crippen LogP contribution in [0.2, 0.25) is 0 Å². The highest BCUT2D eigenvalue weighted by atomic mass is 32.1. The monoisotopic (exact) mass is 335 g/mol. The second-order valence-corrected chi connectivity index (χ2v) is 4.86. The van der Waals surface area contributed by atoms with Crippen LogP contribution in [-0.2, 0) is 23.9 Å². The Morgan fingerprint density at radius 3 is 2.36 bits per heavy atom. The van der Waals surface area contributed by atoms with Gasteiger partial charge in [-0.2, -0.15) is 12.6 Å². The molecule has 126 valence electrons. The quantitative estimate of drug-likeness (QED) is 0.224. The molecule has 0 aliphatic rings. The van der Waals surface area contributed by atoms with Gasteiger partial charge in [-0.05, 0) is 6.92 Å². The van der Waals surface area contributed by atoms with Crippen molar-refractivity contribution in [3.8, 4) is 0 Å². The molecule has 3 N–H and O–H groups in total. The fourth-order valence-corrected chi connectivity index (χ4v) is 1.47. The SMILES string of the molecule is C=C(C)C(=O)OCC(O)COC(=O)CCN[C@@H](CS)C(=O)O. The van der Waals surface area contributed by atoms with Crippen LogP contribution in [0.3, 0.4) is 0 Å². The third-order valence-electron chi connectivity index (χ3n) is 2.39. The Hall–Kier alpha value is -1.58. The summed E-state index contributed by atoms with van der Waals surface area (Å²) in [6, 6.07) is -0.844. The molecule has 0 amide bonds. The minimum Gasteiger partial charge on any atom is -0.480 e. The number of carbonyl (C=O) groups is 3. The van der Waals surface area contributed by atoms with Crippen molar-refractivity contribution in [1.29, 1.82) is 0 Å². The van der Waals surface area contributed by atoms with E-state index in [0.29, 0.717) is 0 Å². The summed E-state index contributed by atoms with van der Waals surface area (Å²) in [6.07, 6.45) is -1.19. The first-order chi connectivity index (χ1) is 10.3. The lowest BCUT2D eigenvalue weighted by Crippen LogP contribution is -2.39. The van der Waals surface area contributed by atoms with E-state index in [1.165, 1.54) is 6.92 Å². The van der Waals surface area contributed by atoms with E-state index < -0.39 is 30.1 Å². The lowest BCUT2D eigenvalue weighted by Gasteiger charge is -2.13. The van der Waals surface area contributed by atoms with Gasteiger partial charge >= 0.3 is 17.9 Å². The van der Waals surface area contributed by atoms with Crippen LogP contribution in [0.5, 0.6) is 0 Å². The van der Waals surface area contributed by atoms with E-state index in [-0.39, 0.29) is 37.5 Å². The van der Waals surface area contributed by atoms with E-state index >= 15 is 0 Å². The molecule has 0 aliphatic heterocycles. The molecular weight excluding hydrogens is 314 g/mol. The number of carboxylic acid groups (broad SMARTS) is 1. The molecule has 0 aromatic rings. The molecule has 0 saturated heterocycles. The van der Waals surface area contributed by atoms with Crippen LogP contribution >= 0.6 is 12.6 Å². The second kappa shape index (κ2) is 11.0. The number of aliphatic hydroxyl groups excluding tert-OH is 1. The van der Waals surface area contributed by atoms with E-state index in [9.17, 15) is 19.5 Å². The molecule has 0 rings (SSSR count). The molecule has 0 aliphatic carbocycles. The minimum atomic E-state index is -1.13. The van der Waals surface area contributed by atoms with Crippen molar-refractivity contribution in [3.63, 3.8) is 0 Å². The van der Waals surface area contributed by atoms with Gasteiger partial charge in [-0.1, -0.05) is 6.58 Å². The number of carboxylic acids is 1. The fraction of sp³-hybridized carbons (Fsp3) is 0.615.